The van der Waals surface area contributed by atoms with E-state index in [-0.39, 0.29) is 6.61 Å². The van der Waals surface area contributed by atoms with Gasteiger partial charge < -0.3 is 15.8 Å². The van der Waals surface area contributed by atoms with Crippen molar-refractivity contribution in [2.45, 2.75) is 24.1 Å². The predicted octanol–water partition coefficient (Wildman–Crippen LogP) is 1.54. The largest absolute Gasteiger partial charge is 0.484 e. The van der Waals surface area contributed by atoms with Crippen molar-refractivity contribution in [3.8, 4) is 5.75 Å². The van der Waals surface area contributed by atoms with Crippen LogP contribution >= 0.6 is 11.8 Å². The summed E-state index contributed by atoms with van der Waals surface area (Å²) in [5.74, 6) is 0.211. The molecule has 0 spiro atoms. The zero-order valence-electron chi connectivity index (χ0n) is 11.1. The fourth-order valence-electron chi connectivity index (χ4n) is 1.89. The molecule has 1 aromatic carbocycles. The Kier molecular flexibility index (Phi) is 4.71. The molecule has 1 amide bonds. The number of amides is 1. The number of thioether (sulfide) groups is 1. The Hall–Kier alpha value is -1.20. The summed E-state index contributed by atoms with van der Waals surface area (Å²) in [4.78, 5) is 10.6. The Bertz CT molecular complexity index is 430. The highest BCUT2D eigenvalue weighted by atomic mass is 32.2. The average molecular weight is 280 g/mol. The number of carbonyl (C=O) groups excluding carboxylic acids is 1. The van der Waals surface area contributed by atoms with Gasteiger partial charge in [-0.2, -0.15) is 11.8 Å². The highest BCUT2D eigenvalue weighted by Gasteiger charge is 2.41. The van der Waals surface area contributed by atoms with E-state index >= 15 is 0 Å². The molecule has 0 heterocycles. The molecule has 5 heteroatoms. The molecule has 104 valence electrons. The van der Waals surface area contributed by atoms with Gasteiger partial charge in [-0.15, -0.1) is 0 Å². The number of nitrogens with one attached hydrogen (secondary N) is 1. The molecule has 1 aliphatic rings. The Balaban J connectivity index is 1.74. The predicted molar refractivity (Wildman–Crippen MR) is 78.3 cm³/mol. The molecule has 2 rings (SSSR count). The number of benzene rings is 1. The van der Waals surface area contributed by atoms with Gasteiger partial charge in [0, 0.05) is 17.8 Å². The lowest BCUT2D eigenvalue weighted by molar-refractivity contribution is -0.119. The first kappa shape index (κ1) is 14.2. The van der Waals surface area contributed by atoms with E-state index in [1.165, 1.54) is 18.4 Å². The van der Waals surface area contributed by atoms with E-state index in [9.17, 15) is 4.79 Å². The van der Waals surface area contributed by atoms with Gasteiger partial charge in [0.1, 0.15) is 5.75 Å². The van der Waals surface area contributed by atoms with Gasteiger partial charge in [-0.3, -0.25) is 4.79 Å². The molecule has 19 heavy (non-hydrogen) atoms. The molecular formula is C14H20N2O2S. The first-order valence-corrected chi connectivity index (χ1v) is 7.62. The third kappa shape index (κ3) is 4.44. The lowest BCUT2D eigenvalue weighted by Crippen LogP contribution is -2.25. The van der Waals surface area contributed by atoms with Crippen LogP contribution in [-0.2, 0) is 11.3 Å². The molecule has 1 aromatic rings. The van der Waals surface area contributed by atoms with E-state index < -0.39 is 5.91 Å². The molecule has 0 bridgehead atoms. The highest BCUT2D eigenvalue weighted by molar-refractivity contribution is 8.00. The lowest BCUT2D eigenvalue weighted by Gasteiger charge is -2.13. The fraction of sp³-hybridized carbons (Fsp3) is 0.500. The normalized spacial score (nSPS) is 16.1. The lowest BCUT2D eigenvalue weighted by atomic mass is 10.2. The summed E-state index contributed by atoms with van der Waals surface area (Å²) < 4.78 is 5.70. The minimum absolute atomic E-state index is 0.0756. The summed E-state index contributed by atoms with van der Waals surface area (Å²) in [6, 6.07) is 7.73. The van der Waals surface area contributed by atoms with Crippen LogP contribution in [0.25, 0.3) is 0 Å². The third-order valence-electron chi connectivity index (χ3n) is 3.32. The summed E-state index contributed by atoms with van der Waals surface area (Å²) in [5.41, 5.74) is 6.23. The summed E-state index contributed by atoms with van der Waals surface area (Å²) in [7, 11) is 0. The monoisotopic (exact) mass is 280 g/mol. The minimum Gasteiger partial charge on any atom is -0.484 e. The van der Waals surface area contributed by atoms with Gasteiger partial charge in [0.15, 0.2) is 6.61 Å². The molecule has 0 radical (unpaired) electrons. The second-order valence-electron chi connectivity index (χ2n) is 4.89. The molecular weight excluding hydrogens is 260 g/mol. The second kappa shape index (κ2) is 6.30. The summed E-state index contributed by atoms with van der Waals surface area (Å²) in [6.45, 7) is 1.85. The van der Waals surface area contributed by atoms with Crippen LogP contribution in [0, 0.1) is 0 Å². The van der Waals surface area contributed by atoms with Gasteiger partial charge in [0.05, 0.1) is 0 Å². The molecule has 0 aliphatic heterocycles. The molecule has 3 N–H and O–H groups in total. The van der Waals surface area contributed by atoms with Gasteiger partial charge in [-0.25, -0.2) is 0 Å². The maximum absolute atomic E-state index is 10.6. The molecule has 0 saturated heterocycles. The quantitative estimate of drug-likeness (QED) is 0.758. The molecule has 4 nitrogen and oxygen atoms in total. The van der Waals surface area contributed by atoms with Gasteiger partial charge in [-0.05, 0) is 36.8 Å². The molecule has 0 unspecified atom stereocenters. The van der Waals surface area contributed by atoms with Crippen molar-refractivity contribution in [1.29, 1.82) is 0 Å². The Morgan fingerprint density at radius 1 is 1.42 bits per heavy atom. The number of ether oxygens (including phenoxy) is 1. The van der Waals surface area contributed by atoms with E-state index in [0.29, 0.717) is 10.5 Å². The maximum atomic E-state index is 10.6. The van der Waals surface area contributed by atoms with Crippen molar-refractivity contribution in [3.63, 3.8) is 0 Å². The Morgan fingerprint density at radius 3 is 2.63 bits per heavy atom. The zero-order valence-corrected chi connectivity index (χ0v) is 12.0. The van der Waals surface area contributed by atoms with E-state index in [4.69, 9.17) is 10.5 Å². The summed E-state index contributed by atoms with van der Waals surface area (Å²) >= 11 is 1.96. The molecule has 0 aromatic heterocycles. The van der Waals surface area contributed by atoms with E-state index in [2.05, 4.69) is 11.6 Å². The van der Waals surface area contributed by atoms with Crippen molar-refractivity contribution < 1.29 is 9.53 Å². The average Bonchev–Trinajstić information content (AvgIpc) is 3.18. The molecule has 1 aliphatic carbocycles. The molecule has 1 saturated carbocycles. The van der Waals surface area contributed by atoms with Crippen LogP contribution in [0.4, 0.5) is 0 Å². The number of carbonyl (C=O) groups is 1. The standard InChI is InChI=1S/C14H20N2O2S/c1-19-14(6-7-14)10-16-8-11-2-4-12(5-3-11)18-9-13(15)17/h2-5,16H,6-10H2,1H3,(H2,15,17). The second-order valence-corrected chi connectivity index (χ2v) is 6.16. The molecule has 0 atom stereocenters. The van der Waals surface area contributed by atoms with Crippen molar-refractivity contribution >= 4 is 17.7 Å². The summed E-state index contributed by atoms with van der Waals surface area (Å²) in [6.07, 6.45) is 4.82. The Morgan fingerprint density at radius 2 is 2.11 bits per heavy atom. The Labute approximate surface area is 118 Å². The van der Waals surface area contributed by atoms with Crippen LogP contribution in [-0.4, -0.2) is 30.1 Å². The van der Waals surface area contributed by atoms with Crippen molar-refractivity contribution in [2.75, 3.05) is 19.4 Å². The first-order valence-electron chi connectivity index (χ1n) is 6.39. The fourth-order valence-corrected chi connectivity index (χ4v) is 2.64. The van der Waals surface area contributed by atoms with Crippen LogP contribution in [0.2, 0.25) is 0 Å². The number of nitrogens with two attached hydrogens (primary N) is 1. The maximum Gasteiger partial charge on any atom is 0.255 e. The van der Waals surface area contributed by atoms with Crippen LogP contribution in [0.3, 0.4) is 0 Å². The number of primary amides is 1. The van der Waals surface area contributed by atoms with Crippen LogP contribution in [0.5, 0.6) is 5.75 Å². The van der Waals surface area contributed by atoms with E-state index in [0.717, 1.165) is 13.1 Å². The van der Waals surface area contributed by atoms with E-state index in [1.54, 1.807) is 0 Å². The summed E-state index contributed by atoms with van der Waals surface area (Å²) in [5, 5.41) is 3.49. The van der Waals surface area contributed by atoms with Crippen LogP contribution in [0.15, 0.2) is 24.3 Å². The number of hydrogen-bond donors (Lipinski definition) is 2. The van der Waals surface area contributed by atoms with Crippen molar-refractivity contribution in [1.82, 2.24) is 5.32 Å². The van der Waals surface area contributed by atoms with E-state index in [1.807, 2.05) is 36.0 Å². The number of rotatable bonds is 8. The van der Waals surface area contributed by atoms with Crippen molar-refractivity contribution in [3.05, 3.63) is 29.8 Å². The van der Waals surface area contributed by atoms with Gasteiger partial charge >= 0.3 is 0 Å². The minimum atomic E-state index is -0.461. The van der Waals surface area contributed by atoms with Crippen LogP contribution < -0.4 is 15.8 Å². The third-order valence-corrected chi connectivity index (χ3v) is 4.74. The topological polar surface area (TPSA) is 64.3 Å². The first-order chi connectivity index (χ1) is 9.13. The van der Waals surface area contributed by atoms with Crippen LogP contribution in [0.1, 0.15) is 18.4 Å². The molecule has 1 fully saturated rings. The number of hydrogen-bond acceptors (Lipinski definition) is 4. The smallest absolute Gasteiger partial charge is 0.255 e. The highest BCUT2D eigenvalue weighted by Crippen LogP contribution is 2.46. The van der Waals surface area contributed by atoms with Gasteiger partial charge in [-0.1, -0.05) is 12.1 Å². The van der Waals surface area contributed by atoms with Crippen molar-refractivity contribution in [2.24, 2.45) is 5.73 Å². The SMILES string of the molecule is CSC1(CNCc2ccc(OCC(N)=O)cc2)CC1. The zero-order chi connectivity index (χ0) is 13.7. The van der Waals surface area contributed by atoms with Gasteiger partial charge in [0.25, 0.3) is 5.91 Å². The van der Waals surface area contributed by atoms with Gasteiger partial charge in [0.2, 0.25) is 0 Å².